The molecular weight excluding hydrogens is 542 g/mol. The summed E-state index contributed by atoms with van der Waals surface area (Å²) in [7, 11) is 1.49. The lowest BCUT2D eigenvalue weighted by molar-refractivity contribution is -0.148. The van der Waals surface area contributed by atoms with Crippen LogP contribution in [0.15, 0.2) is 77.0 Å². The van der Waals surface area contributed by atoms with Gasteiger partial charge in [-0.05, 0) is 96.4 Å². The number of rotatable bonds is 15. The molecular formula is C35H43N3O5. The molecule has 0 spiro atoms. The third-order valence-corrected chi connectivity index (χ3v) is 8.57. The van der Waals surface area contributed by atoms with Gasteiger partial charge in [0, 0.05) is 32.2 Å². The maximum Gasteiger partial charge on any atom is 0.302 e. The number of nitrogens with zero attached hydrogens (tertiary/aromatic N) is 2. The molecule has 1 aromatic heterocycles. The molecule has 2 heterocycles. The summed E-state index contributed by atoms with van der Waals surface area (Å²) in [4.78, 5) is 33.7. The number of pyridine rings is 1. The third-order valence-electron chi connectivity index (χ3n) is 8.57. The van der Waals surface area contributed by atoms with E-state index in [4.69, 9.17) is 15.2 Å². The highest BCUT2D eigenvalue weighted by atomic mass is 16.5. The fourth-order valence-electron chi connectivity index (χ4n) is 5.99. The maximum atomic E-state index is 13.0. The van der Waals surface area contributed by atoms with E-state index in [-0.39, 0.29) is 35.3 Å². The Morgan fingerprint density at radius 3 is 2.70 bits per heavy atom. The van der Waals surface area contributed by atoms with Gasteiger partial charge in [0.15, 0.2) is 11.5 Å². The Balaban J connectivity index is 1.42. The van der Waals surface area contributed by atoms with Crippen molar-refractivity contribution < 1.29 is 24.2 Å². The minimum atomic E-state index is -0.495. The molecule has 0 saturated heterocycles. The second-order valence-corrected chi connectivity index (χ2v) is 11.6. The molecule has 2 aromatic rings. The van der Waals surface area contributed by atoms with E-state index >= 15 is 0 Å². The number of aliphatic imine (C=N–C) groups is 1. The molecule has 0 fully saturated rings. The summed E-state index contributed by atoms with van der Waals surface area (Å²) in [6.07, 6.45) is 16.9. The van der Waals surface area contributed by atoms with Crippen molar-refractivity contribution in [1.29, 1.82) is 0 Å². The first-order chi connectivity index (χ1) is 20.7. The fourth-order valence-corrected chi connectivity index (χ4v) is 5.99. The van der Waals surface area contributed by atoms with Gasteiger partial charge in [0.25, 0.3) is 0 Å². The van der Waals surface area contributed by atoms with E-state index in [9.17, 15) is 14.7 Å². The molecule has 1 aliphatic carbocycles. The molecule has 1 aliphatic heterocycles. The molecule has 0 radical (unpaired) electrons. The topological polar surface area (TPSA) is 124 Å². The number of Topliss-reactive ketones (excluding diaryl/α,β-unsaturated/α-hetero) is 1. The molecule has 228 valence electrons. The second kappa shape index (κ2) is 14.8. The van der Waals surface area contributed by atoms with Crippen molar-refractivity contribution in [3.63, 3.8) is 0 Å². The summed E-state index contributed by atoms with van der Waals surface area (Å²) in [6, 6.07) is 9.01. The summed E-state index contributed by atoms with van der Waals surface area (Å²) < 4.78 is 10.9. The predicted octanol–water partition coefficient (Wildman–Crippen LogP) is 6.13. The number of carbonyl (C=O) groups is 2. The summed E-state index contributed by atoms with van der Waals surface area (Å²) in [6.45, 7) is 4.33. The second-order valence-electron chi connectivity index (χ2n) is 11.6. The number of phenols is 1. The highest BCUT2D eigenvalue weighted by molar-refractivity contribution is 5.83. The number of hydrogen-bond acceptors (Lipinski definition) is 8. The first-order valence-electron chi connectivity index (χ1n) is 15.0. The van der Waals surface area contributed by atoms with Crippen LogP contribution in [0, 0.1) is 11.3 Å². The van der Waals surface area contributed by atoms with Gasteiger partial charge in [-0.2, -0.15) is 0 Å². The first kappa shape index (κ1) is 31.7. The lowest BCUT2D eigenvalue weighted by Crippen LogP contribution is -2.31. The van der Waals surface area contributed by atoms with E-state index in [0.717, 1.165) is 36.8 Å². The minimum Gasteiger partial charge on any atom is -0.504 e. The predicted molar refractivity (Wildman–Crippen MR) is 169 cm³/mol. The molecule has 8 heteroatoms. The minimum absolute atomic E-state index is 0.0316. The van der Waals surface area contributed by atoms with Gasteiger partial charge in [-0.25, -0.2) is 4.98 Å². The zero-order valence-corrected chi connectivity index (χ0v) is 25.4. The lowest BCUT2D eigenvalue weighted by Gasteiger charge is -2.38. The molecule has 0 bridgehead atoms. The Morgan fingerprint density at radius 1 is 1.14 bits per heavy atom. The van der Waals surface area contributed by atoms with Crippen molar-refractivity contribution in [2.45, 2.75) is 71.3 Å². The van der Waals surface area contributed by atoms with Crippen LogP contribution in [0.2, 0.25) is 0 Å². The number of hydrogen-bond donors (Lipinski definition) is 2. The monoisotopic (exact) mass is 585 g/mol. The quantitative estimate of drug-likeness (QED) is 0.241. The van der Waals surface area contributed by atoms with Gasteiger partial charge >= 0.3 is 5.97 Å². The molecule has 4 rings (SSSR count). The van der Waals surface area contributed by atoms with Crippen LogP contribution in [0.1, 0.15) is 63.5 Å². The van der Waals surface area contributed by atoms with E-state index in [1.165, 1.54) is 25.2 Å². The Labute approximate surface area is 254 Å². The molecule has 0 saturated carbocycles. The number of aromatic nitrogens is 1. The first-order valence-corrected chi connectivity index (χ1v) is 15.0. The van der Waals surface area contributed by atoms with Crippen LogP contribution in [0.3, 0.4) is 0 Å². The van der Waals surface area contributed by atoms with Crippen molar-refractivity contribution >= 4 is 23.8 Å². The van der Waals surface area contributed by atoms with E-state index in [1.54, 1.807) is 24.4 Å². The summed E-state index contributed by atoms with van der Waals surface area (Å²) in [5, 5.41) is 9.84. The number of ether oxygens (including phenoxy) is 2. The van der Waals surface area contributed by atoms with Crippen LogP contribution < -0.4 is 10.5 Å². The SMILES string of the molecule is COc1cc(CCC(=O)CC(CCC2(CC3=C(CCc4ccnc(N)c4)CN=C3)C=CC=CC2C)OC(C)=O)ccc1O. The Morgan fingerprint density at radius 2 is 1.95 bits per heavy atom. The van der Waals surface area contributed by atoms with E-state index in [2.05, 4.69) is 41.2 Å². The van der Waals surface area contributed by atoms with Gasteiger partial charge in [0.05, 0.1) is 13.7 Å². The van der Waals surface area contributed by atoms with Crippen molar-refractivity contribution in [2.24, 2.45) is 16.3 Å². The summed E-state index contributed by atoms with van der Waals surface area (Å²) >= 11 is 0. The highest BCUT2D eigenvalue weighted by Crippen LogP contribution is 2.45. The molecule has 1 aromatic carbocycles. The Hall–Kier alpha value is -4.20. The van der Waals surface area contributed by atoms with Crippen LogP contribution in [0.5, 0.6) is 11.5 Å². The third kappa shape index (κ3) is 8.89. The number of phenolic OH excluding ortho intramolecular Hbond substituents is 1. The zero-order valence-electron chi connectivity index (χ0n) is 25.4. The summed E-state index contributed by atoms with van der Waals surface area (Å²) in [5.41, 5.74) is 10.3. The normalized spacial score (nSPS) is 19.9. The van der Waals surface area contributed by atoms with Gasteiger partial charge < -0.3 is 20.3 Å². The Kier molecular flexibility index (Phi) is 10.9. The number of anilines is 1. The number of nitrogens with two attached hydrogens (primary N) is 1. The van der Waals surface area contributed by atoms with E-state index in [1.807, 2.05) is 18.3 Å². The van der Waals surface area contributed by atoms with Crippen molar-refractivity contribution in [3.8, 4) is 11.5 Å². The van der Waals surface area contributed by atoms with Gasteiger partial charge in [-0.1, -0.05) is 37.3 Å². The van der Waals surface area contributed by atoms with E-state index < -0.39 is 6.10 Å². The number of methoxy groups -OCH3 is 1. The number of carbonyl (C=O) groups excluding carboxylic acids is 2. The number of allylic oxidation sites excluding steroid dienone is 5. The number of esters is 1. The van der Waals surface area contributed by atoms with Gasteiger partial charge in [0.2, 0.25) is 0 Å². The highest BCUT2D eigenvalue weighted by Gasteiger charge is 2.36. The molecule has 3 atom stereocenters. The molecule has 2 aliphatic rings. The number of aryl methyl sites for hydroxylation is 2. The molecule has 3 unspecified atom stereocenters. The lowest BCUT2D eigenvalue weighted by atomic mass is 9.66. The maximum absolute atomic E-state index is 13.0. The van der Waals surface area contributed by atoms with E-state index in [0.29, 0.717) is 37.4 Å². The number of benzene rings is 1. The zero-order chi connectivity index (χ0) is 30.8. The summed E-state index contributed by atoms with van der Waals surface area (Å²) in [5.74, 6) is 0.884. The van der Waals surface area contributed by atoms with Crippen LogP contribution in [0.25, 0.3) is 0 Å². The van der Waals surface area contributed by atoms with Crippen molar-refractivity contribution in [1.82, 2.24) is 4.98 Å². The molecule has 8 nitrogen and oxygen atoms in total. The van der Waals surface area contributed by atoms with Crippen molar-refractivity contribution in [2.75, 3.05) is 19.4 Å². The van der Waals surface area contributed by atoms with Crippen LogP contribution in [-0.2, 0) is 27.2 Å². The number of ketones is 1. The van der Waals surface area contributed by atoms with Gasteiger partial charge in [-0.3, -0.25) is 14.6 Å². The molecule has 0 amide bonds. The number of aromatic hydroxyl groups is 1. The standard InChI is InChI=1S/C35H43N3O5/c1-24-6-4-5-15-35(24,21-29-23-37-22-28(29)10-7-27-14-17-38-34(36)19-27)16-13-31(43-25(2)39)20-30(40)11-8-26-9-12-32(41)33(18-26)42-3/h4-6,9,12,14-15,17-19,23-24,31,41H,7-8,10-11,13,16,20-22H2,1-3H3,(H2,36,38). The fraction of sp³-hybridized carbons (Fsp3) is 0.429. The van der Waals surface area contributed by atoms with Gasteiger partial charge in [0.1, 0.15) is 17.7 Å². The largest absolute Gasteiger partial charge is 0.504 e. The van der Waals surface area contributed by atoms with Crippen LogP contribution >= 0.6 is 0 Å². The smallest absolute Gasteiger partial charge is 0.302 e. The average molecular weight is 586 g/mol. The average Bonchev–Trinajstić information content (AvgIpc) is 3.42. The molecule has 3 N–H and O–H groups in total. The Bertz CT molecular complexity index is 1430. The van der Waals surface area contributed by atoms with Crippen LogP contribution in [0.4, 0.5) is 5.82 Å². The van der Waals surface area contributed by atoms with Crippen molar-refractivity contribution in [3.05, 3.63) is 83.1 Å². The van der Waals surface area contributed by atoms with Gasteiger partial charge in [-0.15, -0.1) is 0 Å². The number of nitrogen functional groups attached to an aromatic ring is 1. The molecule has 43 heavy (non-hydrogen) atoms. The van der Waals surface area contributed by atoms with Crippen LogP contribution in [-0.4, -0.2) is 47.8 Å².